The molecule has 1 atom stereocenters. The Morgan fingerprint density at radius 1 is 1.27 bits per heavy atom. The summed E-state index contributed by atoms with van der Waals surface area (Å²) in [6.45, 7) is 4.50. The van der Waals surface area contributed by atoms with Crippen LogP contribution in [0.25, 0.3) is 0 Å². The van der Waals surface area contributed by atoms with Gasteiger partial charge in [-0.05, 0) is 51.1 Å². The summed E-state index contributed by atoms with van der Waals surface area (Å²) in [5.41, 5.74) is 0.638. The smallest absolute Gasteiger partial charge is 0.317 e. The first-order valence-electron chi connectivity index (χ1n) is 9.07. The number of hydrogen-bond acceptors (Lipinski definition) is 3. The molecular weight excluding hydrogens is 333 g/mol. The average Bonchev–Trinajstić information content (AvgIpc) is 3.28. The number of likely N-dealkylation sites (tertiary alicyclic amines) is 1. The predicted octanol–water partition coefficient (Wildman–Crippen LogP) is 3.71. The SMILES string of the molecule is Cc1ccc(CN(C)C(=O)NC[C@H](c2ccccc2F)N2CCCC2)o1. The monoisotopic (exact) mass is 359 g/mol. The molecule has 0 unspecified atom stereocenters. The topological polar surface area (TPSA) is 48.7 Å². The molecule has 0 saturated carbocycles. The maximum Gasteiger partial charge on any atom is 0.317 e. The number of aryl methyl sites for hydroxylation is 1. The molecule has 1 aliphatic heterocycles. The lowest BCUT2D eigenvalue weighted by atomic mass is 10.0. The minimum Gasteiger partial charge on any atom is -0.464 e. The number of halogens is 1. The maximum atomic E-state index is 14.3. The first kappa shape index (κ1) is 18.5. The number of hydrogen-bond donors (Lipinski definition) is 1. The van der Waals surface area contributed by atoms with Crippen LogP contribution in [-0.2, 0) is 6.54 Å². The van der Waals surface area contributed by atoms with Gasteiger partial charge >= 0.3 is 6.03 Å². The van der Waals surface area contributed by atoms with Gasteiger partial charge in [-0.2, -0.15) is 0 Å². The van der Waals surface area contributed by atoms with Crippen LogP contribution < -0.4 is 5.32 Å². The third-order valence-corrected chi connectivity index (χ3v) is 4.83. The van der Waals surface area contributed by atoms with Crippen molar-refractivity contribution in [2.24, 2.45) is 0 Å². The van der Waals surface area contributed by atoms with E-state index in [1.165, 1.54) is 6.07 Å². The number of carbonyl (C=O) groups excluding carboxylic acids is 1. The zero-order valence-electron chi connectivity index (χ0n) is 15.4. The van der Waals surface area contributed by atoms with Crippen molar-refractivity contribution in [3.8, 4) is 0 Å². The fraction of sp³-hybridized carbons (Fsp3) is 0.450. The minimum absolute atomic E-state index is 0.151. The number of nitrogens with one attached hydrogen (secondary N) is 1. The summed E-state index contributed by atoms with van der Waals surface area (Å²) in [5, 5.41) is 2.95. The Hall–Kier alpha value is -2.34. The lowest BCUT2D eigenvalue weighted by Crippen LogP contribution is -2.42. The Morgan fingerprint density at radius 2 is 2.00 bits per heavy atom. The van der Waals surface area contributed by atoms with E-state index >= 15 is 0 Å². The van der Waals surface area contributed by atoms with Gasteiger partial charge in [0, 0.05) is 19.2 Å². The highest BCUT2D eigenvalue weighted by atomic mass is 19.1. The highest BCUT2D eigenvalue weighted by molar-refractivity contribution is 5.73. The normalized spacial score (nSPS) is 15.8. The van der Waals surface area contributed by atoms with E-state index in [4.69, 9.17) is 4.42 Å². The van der Waals surface area contributed by atoms with Crippen molar-refractivity contribution in [1.29, 1.82) is 0 Å². The lowest BCUT2D eigenvalue weighted by molar-refractivity contribution is 0.191. The third kappa shape index (κ3) is 4.43. The predicted molar refractivity (Wildman–Crippen MR) is 98.3 cm³/mol. The van der Waals surface area contributed by atoms with Crippen LogP contribution in [0, 0.1) is 12.7 Å². The minimum atomic E-state index is -0.224. The number of rotatable bonds is 6. The van der Waals surface area contributed by atoms with Crippen molar-refractivity contribution in [2.45, 2.75) is 32.4 Å². The molecule has 2 aromatic rings. The van der Waals surface area contributed by atoms with Gasteiger partial charge in [0.2, 0.25) is 0 Å². The Kier molecular flexibility index (Phi) is 5.93. The molecule has 0 spiro atoms. The van der Waals surface area contributed by atoms with Gasteiger partial charge < -0.3 is 14.6 Å². The van der Waals surface area contributed by atoms with Gasteiger partial charge in [-0.1, -0.05) is 18.2 Å². The number of nitrogens with zero attached hydrogens (tertiary/aromatic N) is 2. The highest BCUT2D eigenvalue weighted by Gasteiger charge is 2.26. The summed E-state index contributed by atoms with van der Waals surface area (Å²) in [6.07, 6.45) is 2.22. The van der Waals surface area contributed by atoms with Crippen molar-refractivity contribution >= 4 is 6.03 Å². The fourth-order valence-electron chi connectivity index (χ4n) is 3.43. The molecule has 2 amide bonds. The summed E-state index contributed by atoms with van der Waals surface area (Å²) < 4.78 is 19.8. The number of carbonyl (C=O) groups is 1. The van der Waals surface area contributed by atoms with E-state index in [0.29, 0.717) is 18.7 Å². The molecule has 1 saturated heterocycles. The Bertz CT molecular complexity index is 740. The second-order valence-electron chi connectivity index (χ2n) is 6.83. The van der Waals surface area contributed by atoms with Crippen molar-refractivity contribution in [1.82, 2.24) is 15.1 Å². The van der Waals surface area contributed by atoms with Crippen molar-refractivity contribution < 1.29 is 13.6 Å². The first-order valence-corrected chi connectivity index (χ1v) is 9.07. The van der Waals surface area contributed by atoms with Gasteiger partial charge in [0.05, 0.1) is 12.6 Å². The lowest BCUT2D eigenvalue weighted by Gasteiger charge is -2.29. The van der Waals surface area contributed by atoms with Crippen LogP contribution in [0.2, 0.25) is 0 Å². The second kappa shape index (κ2) is 8.36. The molecular formula is C20H26FN3O2. The second-order valence-corrected chi connectivity index (χ2v) is 6.83. The Labute approximate surface area is 153 Å². The Morgan fingerprint density at radius 3 is 2.65 bits per heavy atom. The highest BCUT2D eigenvalue weighted by Crippen LogP contribution is 2.26. The number of furan rings is 1. The molecule has 3 rings (SSSR count). The van der Waals surface area contributed by atoms with Crippen LogP contribution >= 0.6 is 0 Å². The molecule has 5 nitrogen and oxygen atoms in total. The molecule has 1 fully saturated rings. The molecule has 2 heterocycles. The van der Waals surface area contributed by atoms with E-state index in [0.717, 1.165) is 37.5 Å². The van der Waals surface area contributed by atoms with E-state index in [-0.39, 0.29) is 17.9 Å². The third-order valence-electron chi connectivity index (χ3n) is 4.83. The van der Waals surface area contributed by atoms with Crippen molar-refractivity contribution in [3.63, 3.8) is 0 Å². The van der Waals surface area contributed by atoms with Gasteiger partial charge in [0.15, 0.2) is 0 Å². The molecule has 6 heteroatoms. The van der Waals surface area contributed by atoms with Gasteiger partial charge in [0.1, 0.15) is 17.3 Å². The molecule has 1 N–H and O–H groups in total. The fourth-order valence-corrected chi connectivity index (χ4v) is 3.43. The van der Waals surface area contributed by atoms with Gasteiger partial charge in [-0.15, -0.1) is 0 Å². The zero-order chi connectivity index (χ0) is 18.5. The van der Waals surface area contributed by atoms with Crippen LogP contribution in [0.3, 0.4) is 0 Å². The molecule has 0 radical (unpaired) electrons. The van der Waals surface area contributed by atoms with Gasteiger partial charge in [-0.25, -0.2) is 9.18 Å². The summed E-state index contributed by atoms with van der Waals surface area (Å²) >= 11 is 0. The molecule has 1 aromatic heterocycles. The number of urea groups is 1. The summed E-state index contributed by atoms with van der Waals surface area (Å²) in [7, 11) is 1.72. The molecule has 0 aliphatic carbocycles. The largest absolute Gasteiger partial charge is 0.464 e. The average molecular weight is 359 g/mol. The van der Waals surface area contributed by atoms with Gasteiger partial charge in [-0.3, -0.25) is 4.90 Å². The molecule has 0 bridgehead atoms. The van der Waals surface area contributed by atoms with Crippen molar-refractivity contribution in [3.05, 3.63) is 59.3 Å². The number of benzene rings is 1. The maximum absolute atomic E-state index is 14.3. The molecule has 140 valence electrons. The molecule has 1 aromatic carbocycles. The van der Waals surface area contributed by atoms with Crippen LogP contribution in [0.1, 0.15) is 36.0 Å². The van der Waals surface area contributed by atoms with Gasteiger partial charge in [0.25, 0.3) is 0 Å². The molecule has 1 aliphatic rings. The van der Waals surface area contributed by atoms with Crippen LogP contribution in [0.5, 0.6) is 0 Å². The van der Waals surface area contributed by atoms with Crippen LogP contribution in [0.15, 0.2) is 40.8 Å². The van der Waals surface area contributed by atoms with Crippen LogP contribution in [0.4, 0.5) is 9.18 Å². The summed E-state index contributed by atoms with van der Waals surface area (Å²) in [6, 6.07) is 10.2. The van der Waals surface area contributed by atoms with E-state index in [1.807, 2.05) is 25.1 Å². The van der Waals surface area contributed by atoms with E-state index < -0.39 is 0 Å². The van der Waals surface area contributed by atoms with E-state index in [1.54, 1.807) is 24.1 Å². The number of amides is 2. The first-order chi connectivity index (χ1) is 12.5. The zero-order valence-corrected chi connectivity index (χ0v) is 15.4. The standard InChI is InChI=1S/C20H26FN3O2/c1-15-9-10-16(26-15)14-23(2)20(25)22-13-19(24-11-5-6-12-24)17-7-3-4-8-18(17)21/h3-4,7-10,19H,5-6,11-14H2,1-2H3,(H,22,25)/t19-/m1/s1. The summed E-state index contributed by atoms with van der Waals surface area (Å²) in [4.78, 5) is 16.3. The molecule has 26 heavy (non-hydrogen) atoms. The summed E-state index contributed by atoms with van der Waals surface area (Å²) in [5.74, 6) is 1.34. The van der Waals surface area contributed by atoms with Crippen LogP contribution in [-0.4, -0.2) is 42.5 Å². The quantitative estimate of drug-likeness (QED) is 0.855. The van der Waals surface area contributed by atoms with E-state index in [9.17, 15) is 9.18 Å². The van der Waals surface area contributed by atoms with Crippen molar-refractivity contribution in [2.75, 3.05) is 26.7 Å². The Balaban J connectivity index is 1.63. The van der Waals surface area contributed by atoms with E-state index in [2.05, 4.69) is 10.2 Å².